The SMILES string of the molecule is O=C(Cn1cc[n+](Cc2ccccc2)c1)N[C@H](CO)Cc1ccccc1. The average Bonchev–Trinajstić information content (AvgIpc) is 3.09. The first-order chi connectivity index (χ1) is 12.7. The number of imidazole rings is 1. The topological polar surface area (TPSA) is 58.1 Å². The third kappa shape index (κ3) is 5.29. The molecule has 3 aromatic rings. The highest BCUT2D eigenvalue weighted by Crippen LogP contribution is 2.03. The monoisotopic (exact) mass is 350 g/mol. The zero-order valence-electron chi connectivity index (χ0n) is 14.7. The maximum atomic E-state index is 12.3. The van der Waals surface area contributed by atoms with Crippen LogP contribution in [0.4, 0.5) is 0 Å². The van der Waals surface area contributed by atoms with Crippen LogP contribution in [0.1, 0.15) is 11.1 Å². The second-order valence-electron chi connectivity index (χ2n) is 6.38. The number of carbonyl (C=O) groups excluding carboxylic acids is 1. The van der Waals surface area contributed by atoms with E-state index >= 15 is 0 Å². The summed E-state index contributed by atoms with van der Waals surface area (Å²) in [6.45, 7) is 0.913. The molecule has 5 heteroatoms. The number of nitrogens with zero attached hydrogens (tertiary/aromatic N) is 2. The van der Waals surface area contributed by atoms with Crippen LogP contribution in [0.5, 0.6) is 0 Å². The number of rotatable bonds is 8. The number of aliphatic hydroxyl groups is 1. The Balaban J connectivity index is 1.52. The van der Waals surface area contributed by atoms with E-state index in [1.807, 2.05) is 76.4 Å². The number of benzene rings is 2. The van der Waals surface area contributed by atoms with Gasteiger partial charge in [-0.1, -0.05) is 60.7 Å². The van der Waals surface area contributed by atoms with E-state index in [1.54, 1.807) is 0 Å². The lowest BCUT2D eigenvalue weighted by molar-refractivity contribution is -0.687. The first-order valence-corrected chi connectivity index (χ1v) is 8.76. The van der Waals surface area contributed by atoms with E-state index in [0.717, 1.165) is 12.1 Å². The number of carbonyl (C=O) groups is 1. The van der Waals surface area contributed by atoms with E-state index in [4.69, 9.17) is 0 Å². The normalized spacial score (nSPS) is 11.9. The van der Waals surface area contributed by atoms with E-state index < -0.39 is 0 Å². The lowest BCUT2D eigenvalue weighted by Gasteiger charge is -2.15. The highest BCUT2D eigenvalue weighted by Gasteiger charge is 2.15. The summed E-state index contributed by atoms with van der Waals surface area (Å²) in [6.07, 6.45) is 6.36. The molecule has 3 rings (SSSR count). The molecule has 0 aliphatic heterocycles. The van der Waals surface area contributed by atoms with Gasteiger partial charge < -0.3 is 10.4 Å². The molecule has 0 unspecified atom stereocenters. The fourth-order valence-corrected chi connectivity index (χ4v) is 2.92. The quantitative estimate of drug-likeness (QED) is 0.606. The van der Waals surface area contributed by atoms with E-state index in [-0.39, 0.29) is 25.1 Å². The predicted octanol–water partition coefficient (Wildman–Crippen LogP) is 1.54. The summed E-state index contributed by atoms with van der Waals surface area (Å²) in [5, 5.41) is 12.4. The molecular formula is C21H24N3O2+. The van der Waals surface area contributed by atoms with Crippen molar-refractivity contribution in [3.05, 3.63) is 90.5 Å². The number of nitrogens with one attached hydrogen (secondary N) is 1. The van der Waals surface area contributed by atoms with Crippen LogP contribution in [-0.2, 0) is 24.3 Å². The molecule has 1 atom stereocenters. The minimum atomic E-state index is -0.281. The standard InChI is InChI=1S/C21H23N3O2/c25-16-20(13-18-7-3-1-4-8-18)22-21(26)15-24-12-11-23(17-24)14-19-9-5-2-6-10-19/h1-12,17,20,25H,13-16H2/p+1/t20-/m0/s1. The maximum Gasteiger partial charge on any atom is 0.262 e. The van der Waals surface area contributed by atoms with Crippen molar-refractivity contribution in [3.63, 3.8) is 0 Å². The molecule has 0 radical (unpaired) electrons. The Morgan fingerprint density at radius 1 is 1.04 bits per heavy atom. The highest BCUT2D eigenvalue weighted by atomic mass is 16.3. The molecule has 1 heterocycles. The summed E-state index contributed by atoms with van der Waals surface area (Å²) in [4.78, 5) is 12.3. The molecule has 134 valence electrons. The van der Waals surface area contributed by atoms with Gasteiger partial charge in [0.15, 0.2) is 6.54 Å². The molecule has 0 saturated carbocycles. The summed E-state index contributed by atoms with van der Waals surface area (Å²) in [5.74, 6) is -0.109. The molecule has 1 aromatic heterocycles. The molecule has 0 aliphatic rings. The molecule has 0 aliphatic carbocycles. The summed E-state index contributed by atoms with van der Waals surface area (Å²) >= 11 is 0. The number of hydrogen-bond acceptors (Lipinski definition) is 2. The molecule has 0 bridgehead atoms. The summed E-state index contributed by atoms with van der Waals surface area (Å²) in [5.41, 5.74) is 2.30. The van der Waals surface area contributed by atoms with Crippen molar-refractivity contribution in [1.29, 1.82) is 0 Å². The largest absolute Gasteiger partial charge is 0.394 e. The van der Waals surface area contributed by atoms with Crippen LogP contribution in [0.25, 0.3) is 0 Å². The lowest BCUT2D eigenvalue weighted by Crippen LogP contribution is -2.41. The Kier molecular flexibility index (Phi) is 6.17. The fraction of sp³-hybridized carbons (Fsp3) is 0.238. The van der Waals surface area contributed by atoms with Crippen LogP contribution >= 0.6 is 0 Å². The van der Waals surface area contributed by atoms with Gasteiger partial charge in [0.2, 0.25) is 6.33 Å². The molecule has 0 spiro atoms. The number of amides is 1. The van der Waals surface area contributed by atoms with Crippen LogP contribution in [0.2, 0.25) is 0 Å². The Labute approximate surface area is 153 Å². The van der Waals surface area contributed by atoms with Crippen molar-refractivity contribution in [3.8, 4) is 0 Å². The fourth-order valence-electron chi connectivity index (χ4n) is 2.92. The van der Waals surface area contributed by atoms with Gasteiger partial charge in [-0.3, -0.25) is 4.79 Å². The third-order valence-electron chi connectivity index (χ3n) is 4.19. The summed E-state index contributed by atoms with van der Waals surface area (Å²) in [7, 11) is 0. The van der Waals surface area contributed by atoms with Gasteiger partial charge in [0.25, 0.3) is 5.91 Å². The number of aromatic nitrogens is 2. The second kappa shape index (κ2) is 8.97. The van der Waals surface area contributed by atoms with Crippen molar-refractivity contribution < 1.29 is 14.5 Å². The molecule has 0 saturated heterocycles. The molecular weight excluding hydrogens is 326 g/mol. The van der Waals surface area contributed by atoms with Gasteiger partial charge in [-0.05, 0) is 17.5 Å². The van der Waals surface area contributed by atoms with Crippen molar-refractivity contribution in [2.24, 2.45) is 0 Å². The summed E-state index contributed by atoms with van der Waals surface area (Å²) in [6, 6.07) is 19.7. The van der Waals surface area contributed by atoms with Crippen LogP contribution < -0.4 is 9.88 Å². The van der Waals surface area contributed by atoms with E-state index in [0.29, 0.717) is 6.42 Å². The van der Waals surface area contributed by atoms with Crippen molar-refractivity contribution >= 4 is 5.91 Å². The smallest absolute Gasteiger partial charge is 0.262 e. The summed E-state index contributed by atoms with van der Waals surface area (Å²) < 4.78 is 3.88. The van der Waals surface area contributed by atoms with Gasteiger partial charge in [-0.25, -0.2) is 9.13 Å². The van der Waals surface area contributed by atoms with Gasteiger partial charge in [-0.15, -0.1) is 0 Å². The minimum Gasteiger partial charge on any atom is -0.394 e. The van der Waals surface area contributed by atoms with Gasteiger partial charge in [0, 0.05) is 0 Å². The zero-order chi connectivity index (χ0) is 18.2. The van der Waals surface area contributed by atoms with Crippen LogP contribution in [0.3, 0.4) is 0 Å². The molecule has 2 aromatic carbocycles. The number of hydrogen-bond donors (Lipinski definition) is 2. The zero-order valence-corrected chi connectivity index (χ0v) is 14.7. The van der Waals surface area contributed by atoms with Gasteiger partial charge in [0.1, 0.15) is 18.9 Å². The Bertz CT molecular complexity index is 816. The van der Waals surface area contributed by atoms with E-state index in [2.05, 4.69) is 17.4 Å². The molecule has 5 nitrogen and oxygen atoms in total. The Morgan fingerprint density at radius 3 is 2.35 bits per heavy atom. The van der Waals surface area contributed by atoms with Crippen molar-refractivity contribution in [1.82, 2.24) is 9.88 Å². The van der Waals surface area contributed by atoms with Gasteiger partial charge in [0.05, 0.1) is 12.6 Å². The van der Waals surface area contributed by atoms with Crippen molar-refractivity contribution in [2.75, 3.05) is 6.61 Å². The van der Waals surface area contributed by atoms with Crippen LogP contribution in [0.15, 0.2) is 79.4 Å². The van der Waals surface area contributed by atoms with Crippen LogP contribution in [0, 0.1) is 0 Å². The number of aliphatic hydroxyl groups excluding tert-OH is 1. The lowest BCUT2D eigenvalue weighted by atomic mass is 10.1. The minimum absolute atomic E-state index is 0.0830. The third-order valence-corrected chi connectivity index (χ3v) is 4.19. The highest BCUT2D eigenvalue weighted by molar-refractivity contribution is 5.76. The van der Waals surface area contributed by atoms with Gasteiger partial charge >= 0.3 is 0 Å². The maximum absolute atomic E-state index is 12.3. The van der Waals surface area contributed by atoms with Crippen LogP contribution in [-0.4, -0.2) is 28.2 Å². The van der Waals surface area contributed by atoms with E-state index in [9.17, 15) is 9.90 Å². The Hall–Kier alpha value is -2.92. The second-order valence-corrected chi connectivity index (χ2v) is 6.38. The predicted molar refractivity (Wildman–Crippen MR) is 99.3 cm³/mol. The Morgan fingerprint density at radius 2 is 1.69 bits per heavy atom. The first kappa shape index (κ1) is 17.9. The average molecular weight is 350 g/mol. The molecule has 2 N–H and O–H groups in total. The van der Waals surface area contributed by atoms with E-state index in [1.165, 1.54) is 5.56 Å². The first-order valence-electron chi connectivity index (χ1n) is 8.76. The molecule has 1 amide bonds. The molecule has 0 fully saturated rings. The van der Waals surface area contributed by atoms with Crippen molar-refractivity contribution in [2.45, 2.75) is 25.6 Å². The van der Waals surface area contributed by atoms with Gasteiger partial charge in [-0.2, -0.15) is 0 Å². The molecule has 26 heavy (non-hydrogen) atoms.